The molecule has 2 N–H and O–H groups in total. The van der Waals surface area contributed by atoms with Crippen molar-refractivity contribution in [3.8, 4) is 11.3 Å². The number of aromatic nitrogens is 4. The van der Waals surface area contributed by atoms with E-state index in [1.54, 1.807) is 43.7 Å². The fraction of sp³-hybridized carbons (Fsp3) is 0.342. The predicted molar refractivity (Wildman–Crippen MR) is 196 cm³/mol. The molecule has 2 fully saturated rings. The molecular weight excluding hydrogens is 671 g/mol. The van der Waals surface area contributed by atoms with Gasteiger partial charge in [-0.15, -0.1) is 0 Å². The van der Waals surface area contributed by atoms with Crippen molar-refractivity contribution in [1.29, 1.82) is 0 Å². The summed E-state index contributed by atoms with van der Waals surface area (Å²) < 4.78 is 41.1. The number of amides is 1. The molecule has 0 atom stereocenters. The van der Waals surface area contributed by atoms with Crippen LogP contribution in [-0.4, -0.2) is 87.6 Å². The largest absolute Gasteiger partial charge is 0.416 e. The van der Waals surface area contributed by atoms with E-state index in [0.29, 0.717) is 34.1 Å². The number of piperidine rings is 1. The second-order valence-electron chi connectivity index (χ2n) is 13.5. The van der Waals surface area contributed by atoms with Crippen molar-refractivity contribution >= 4 is 40.0 Å². The van der Waals surface area contributed by atoms with Crippen LogP contribution < -0.4 is 21.1 Å². The third-order valence-corrected chi connectivity index (χ3v) is 10.0. The lowest BCUT2D eigenvalue weighted by Crippen LogP contribution is -2.52. The zero-order chi connectivity index (χ0) is 36.6. The molecule has 0 spiro atoms. The second kappa shape index (κ2) is 14.4. The van der Waals surface area contributed by atoms with Crippen LogP contribution >= 0.6 is 0 Å². The SMILES string of the molecule is Cc1ccc(NC(=O)c2cccc(C(F)(F)F)c2)cc1-c1cc2cnc(Nc3ccc(N4CCC(N5CCN(C)CC5)CC4)nc3)nc2c(=O)n1C. The van der Waals surface area contributed by atoms with Crippen molar-refractivity contribution in [3.05, 3.63) is 100 Å². The molecule has 14 heteroatoms. The fourth-order valence-electron chi connectivity index (χ4n) is 6.94. The Kier molecular flexibility index (Phi) is 9.68. The highest BCUT2D eigenvalue weighted by molar-refractivity contribution is 6.04. The Morgan fingerprint density at radius 1 is 0.865 bits per heavy atom. The van der Waals surface area contributed by atoms with Gasteiger partial charge in [0.05, 0.1) is 23.1 Å². The number of hydrogen-bond donors (Lipinski definition) is 2. The summed E-state index contributed by atoms with van der Waals surface area (Å²) >= 11 is 0. The van der Waals surface area contributed by atoms with Gasteiger partial charge in [-0.25, -0.2) is 15.0 Å². The minimum Gasteiger partial charge on any atom is -0.357 e. The van der Waals surface area contributed by atoms with E-state index in [2.05, 4.69) is 42.3 Å². The average Bonchev–Trinajstić information content (AvgIpc) is 3.14. The maximum atomic E-state index is 13.6. The molecule has 270 valence electrons. The van der Waals surface area contributed by atoms with E-state index in [1.807, 2.05) is 19.1 Å². The monoisotopic (exact) mass is 711 g/mol. The van der Waals surface area contributed by atoms with Gasteiger partial charge in [-0.1, -0.05) is 12.1 Å². The van der Waals surface area contributed by atoms with Gasteiger partial charge < -0.3 is 25.0 Å². The van der Waals surface area contributed by atoms with Crippen LogP contribution in [0.3, 0.4) is 0 Å². The summed E-state index contributed by atoms with van der Waals surface area (Å²) in [5.41, 5.74) is 1.94. The number of rotatable bonds is 7. The molecular formula is C38H40F3N9O2. The number of carbonyl (C=O) groups excluding carboxylic acids is 1. The summed E-state index contributed by atoms with van der Waals surface area (Å²) in [7, 11) is 3.82. The van der Waals surface area contributed by atoms with Crippen LogP contribution in [0.2, 0.25) is 0 Å². The van der Waals surface area contributed by atoms with E-state index in [4.69, 9.17) is 4.98 Å². The lowest BCUT2D eigenvalue weighted by atomic mass is 10.0. The first-order chi connectivity index (χ1) is 24.9. The van der Waals surface area contributed by atoms with E-state index >= 15 is 0 Å². The van der Waals surface area contributed by atoms with E-state index in [9.17, 15) is 22.8 Å². The Bertz CT molecular complexity index is 2160. The number of halogens is 3. The second-order valence-corrected chi connectivity index (χ2v) is 13.5. The molecule has 5 aromatic rings. The maximum Gasteiger partial charge on any atom is 0.416 e. The number of pyridine rings is 2. The van der Waals surface area contributed by atoms with Crippen molar-refractivity contribution in [2.45, 2.75) is 32.0 Å². The van der Waals surface area contributed by atoms with Crippen molar-refractivity contribution in [3.63, 3.8) is 0 Å². The summed E-state index contributed by atoms with van der Waals surface area (Å²) in [5, 5.41) is 6.37. The highest BCUT2D eigenvalue weighted by Gasteiger charge is 2.31. The van der Waals surface area contributed by atoms with Crippen LogP contribution in [0.25, 0.3) is 22.2 Å². The van der Waals surface area contributed by atoms with Crippen LogP contribution in [0.4, 0.5) is 36.3 Å². The average molecular weight is 712 g/mol. The number of alkyl halides is 3. The molecule has 2 aliphatic heterocycles. The Morgan fingerprint density at radius 2 is 1.62 bits per heavy atom. The number of nitrogens with one attached hydrogen (secondary N) is 2. The summed E-state index contributed by atoms with van der Waals surface area (Å²) in [6.45, 7) is 8.32. The number of benzene rings is 2. The number of fused-ring (bicyclic) bond motifs is 1. The van der Waals surface area contributed by atoms with Gasteiger partial charge in [0.2, 0.25) is 5.95 Å². The van der Waals surface area contributed by atoms with Crippen LogP contribution in [0.15, 0.2) is 77.9 Å². The molecule has 0 radical (unpaired) electrons. The molecule has 0 unspecified atom stereocenters. The normalized spacial score (nSPS) is 16.3. The molecule has 2 saturated heterocycles. The topological polar surface area (TPSA) is 112 Å². The van der Waals surface area contributed by atoms with Gasteiger partial charge in [0.25, 0.3) is 11.5 Å². The molecule has 52 heavy (non-hydrogen) atoms. The fourth-order valence-corrected chi connectivity index (χ4v) is 6.94. The van der Waals surface area contributed by atoms with Gasteiger partial charge in [-0.2, -0.15) is 13.2 Å². The molecule has 0 bridgehead atoms. The van der Waals surface area contributed by atoms with E-state index in [0.717, 1.165) is 75.6 Å². The molecule has 0 saturated carbocycles. The van der Waals surface area contributed by atoms with Gasteiger partial charge in [-0.3, -0.25) is 14.5 Å². The third-order valence-electron chi connectivity index (χ3n) is 10.0. The number of aryl methyl sites for hydroxylation is 1. The minimum absolute atomic E-state index is 0.125. The first kappa shape index (κ1) is 35.1. The first-order valence-electron chi connectivity index (χ1n) is 17.3. The van der Waals surface area contributed by atoms with Gasteiger partial charge in [-0.05, 0) is 80.9 Å². The number of nitrogens with zero attached hydrogens (tertiary/aromatic N) is 7. The van der Waals surface area contributed by atoms with Crippen molar-refractivity contribution in [1.82, 2.24) is 29.3 Å². The molecule has 7 rings (SSSR count). The van der Waals surface area contributed by atoms with Crippen molar-refractivity contribution < 1.29 is 18.0 Å². The van der Waals surface area contributed by atoms with E-state index in [-0.39, 0.29) is 22.6 Å². The summed E-state index contributed by atoms with van der Waals surface area (Å²) in [4.78, 5) is 47.5. The Hall–Kier alpha value is -5.34. The summed E-state index contributed by atoms with van der Waals surface area (Å²) in [6, 6.07) is 15.7. The smallest absolute Gasteiger partial charge is 0.357 e. The Balaban J connectivity index is 1.04. The van der Waals surface area contributed by atoms with Gasteiger partial charge in [0.15, 0.2) is 0 Å². The van der Waals surface area contributed by atoms with Crippen LogP contribution in [0.5, 0.6) is 0 Å². The third kappa shape index (κ3) is 7.48. The zero-order valence-corrected chi connectivity index (χ0v) is 29.2. The number of carbonyl (C=O) groups is 1. The summed E-state index contributed by atoms with van der Waals surface area (Å²) in [5.74, 6) is 0.501. The Morgan fingerprint density at radius 3 is 2.33 bits per heavy atom. The first-order valence-corrected chi connectivity index (χ1v) is 17.3. The van der Waals surface area contributed by atoms with E-state index in [1.165, 1.54) is 16.7 Å². The summed E-state index contributed by atoms with van der Waals surface area (Å²) in [6.07, 6.45) is 1.00. The number of likely N-dealkylation sites (N-methyl/N-ethyl adjacent to an activating group) is 1. The van der Waals surface area contributed by atoms with Gasteiger partial charge >= 0.3 is 6.18 Å². The van der Waals surface area contributed by atoms with Crippen molar-refractivity contribution in [2.75, 3.05) is 61.8 Å². The van der Waals surface area contributed by atoms with Gasteiger partial charge in [0, 0.05) is 80.8 Å². The van der Waals surface area contributed by atoms with Crippen LogP contribution in [0.1, 0.15) is 34.3 Å². The van der Waals surface area contributed by atoms with Crippen LogP contribution in [0, 0.1) is 6.92 Å². The standard InChI is InChI=1S/C38H40F3N9O2/c1-24-7-8-28(44-35(51)25-5-4-6-27(19-25)38(39,40)41)21-31(24)32-20-26-22-43-37(46-34(26)36(52)48(32)3)45-29-9-10-33(42-23-29)50-13-11-30(12-14-50)49-17-15-47(2)16-18-49/h4-10,19-23,30H,11-18H2,1-3H3,(H,44,51)(H,43,45,46). The minimum atomic E-state index is -4.57. The Labute approximate surface area is 299 Å². The van der Waals surface area contributed by atoms with E-state index < -0.39 is 17.6 Å². The molecule has 3 aromatic heterocycles. The molecule has 2 aromatic carbocycles. The highest BCUT2D eigenvalue weighted by Crippen LogP contribution is 2.31. The lowest BCUT2D eigenvalue weighted by Gasteiger charge is -2.42. The quantitative estimate of drug-likeness (QED) is 0.212. The molecule has 1 amide bonds. The molecule has 5 heterocycles. The highest BCUT2D eigenvalue weighted by atomic mass is 19.4. The molecule has 0 aliphatic carbocycles. The molecule has 2 aliphatic rings. The lowest BCUT2D eigenvalue weighted by molar-refractivity contribution is -0.137. The van der Waals surface area contributed by atoms with Crippen LogP contribution in [-0.2, 0) is 13.2 Å². The molecule has 11 nitrogen and oxygen atoms in total. The van der Waals surface area contributed by atoms with Crippen molar-refractivity contribution in [2.24, 2.45) is 7.05 Å². The predicted octanol–water partition coefficient (Wildman–Crippen LogP) is 5.93. The van der Waals surface area contributed by atoms with Gasteiger partial charge in [0.1, 0.15) is 11.3 Å². The number of hydrogen-bond acceptors (Lipinski definition) is 9. The number of piperazine rings is 1. The zero-order valence-electron chi connectivity index (χ0n) is 29.2. The number of anilines is 4. The maximum absolute atomic E-state index is 13.6.